The molecule has 0 aliphatic rings. The van der Waals surface area contributed by atoms with Crippen LogP contribution in [0.15, 0.2) is 36.4 Å². The van der Waals surface area contributed by atoms with Gasteiger partial charge >= 0.3 is 5.97 Å². The first-order valence-electron chi connectivity index (χ1n) is 5.85. The van der Waals surface area contributed by atoms with Crippen molar-refractivity contribution in [1.29, 1.82) is 0 Å². The molecule has 5 nitrogen and oxygen atoms in total. The molecule has 0 saturated heterocycles. The minimum absolute atomic E-state index is 0.178. The van der Waals surface area contributed by atoms with Crippen LogP contribution in [0.4, 0.5) is 11.4 Å². The van der Waals surface area contributed by atoms with Crippen molar-refractivity contribution in [3.8, 4) is 0 Å². The van der Waals surface area contributed by atoms with Crippen LogP contribution >= 0.6 is 0 Å². The van der Waals surface area contributed by atoms with Crippen molar-refractivity contribution in [1.82, 2.24) is 4.98 Å². The van der Waals surface area contributed by atoms with Crippen LogP contribution in [0, 0.1) is 6.92 Å². The monoisotopic (exact) mass is 257 g/mol. The molecule has 0 amide bonds. The zero-order chi connectivity index (χ0) is 13.8. The van der Waals surface area contributed by atoms with Crippen LogP contribution in [0.3, 0.4) is 0 Å². The Morgan fingerprint density at radius 2 is 2.16 bits per heavy atom. The normalized spacial score (nSPS) is 10.2. The molecule has 1 aromatic heterocycles. The highest BCUT2D eigenvalue weighted by Crippen LogP contribution is 2.20. The van der Waals surface area contributed by atoms with Gasteiger partial charge in [-0.3, -0.25) is 4.98 Å². The summed E-state index contributed by atoms with van der Waals surface area (Å²) in [4.78, 5) is 15.2. The number of anilines is 2. The lowest BCUT2D eigenvalue weighted by molar-refractivity contribution is 0.0697. The number of hydrogen-bond donors (Lipinski definition) is 3. The molecular weight excluding hydrogens is 242 g/mol. The summed E-state index contributed by atoms with van der Waals surface area (Å²) in [6.07, 6.45) is 0. The van der Waals surface area contributed by atoms with Crippen LogP contribution in [0.1, 0.15) is 21.7 Å². The van der Waals surface area contributed by atoms with Gasteiger partial charge in [0.15, 0.2) is 0 Å². The minimum Gasteiger partial charge on any atom is -0.478 e. The summed E-state index contributed by atoms with van der Waals surface area (Å²) >= 11 is 0. The van der Waals surface area contributed by atoms with Crippen molar-refractivity contribution in [3.63, 3.8) is 0 Å². The third-order valence-electron chi connectivity index (χ3n) is 2.70. The number of rotatable bonds is 4. The quantitative estimate of drug-likeness (QED) is 0.731. The van der Waals surface area contributed by atoms with Crippen molar-refractivity contribution in [2.75, 3.05) is 11.1 Å². The van der Waals surface area contributed by atoms with Crippen molar-refractivity contribution in [2.45, 2.75) is 13.5 Å². The van der Waals surface area contributed by atoms with E-state index in [4.69, 9.17) is 10.8 Å². The van der Waals surface area contributed by atoms with Gasteiger partial charge in [0.05, 0.1) is 29.2 Å². The first-order valence-corrected chi connectivity index (χ1v) is 5.85. The van der Waals surface area contributed by atoms with Gasteiger partial charge in [-0.25, -0.2) is 4.79 Å². The summed E-state index contributed by atoms with van der Waals surface area (Å²) in [5.74, 6) is -0.987. The summed E-state index contributed by atoms with van der Waals surface area (Å²) in [5, 5.41) is 12.0. The Kier molecular flexibility index (Phi) is 3.66. The number of aromatic nitrogens is 1. The number of hydrogen-bond acceptors (Lipinski definition) is 4. The van der Waals surface area contributed by atoms with E-state index in [1.807, 2.05) is 25.1 Å². The lowest BCUT2D eigenvalue weighted by atomic mass is 10.1. The SMILES string of the molecule is Cc1cccc(CNc2ccc(C(=O)O)cc2N)n1. The molecule has 98 valence electrons. The van der Waals surface area contributed by atoms with E-state index in [9.17, 15) is 4.79 Å². The highest BCUT2D eigenvalue weighted by atomic mass is 16.4. The van der Waals surface area contributed by atoms with Gasteiger partial charge in [0.25, 0.3) is 0 Å². The lowest BCUT2D eigenvalue weighted by Gasteiger charge is -2.10. The first kappa shape index (κ1) is 12.9. The Hall–Kier alpha value is -2.56. The summed E-state index contributed by atoms with van der Waals surface area (Å²) in [7, 11) is 0. The zero-order valence-electron chi connectivity index (χ0n) is 10.6. The molecule has 2 aromatic rings. The molecule has 0 fully saturated rings. The van der Waals surface area contributed by atoms with Crippen LogP contribution in [0.25, 0.3) is 0 Å². The number of benzene rings is 1. The van der Waals surface area contributed by atoms with Crippen molar-refractivity contribution in [2.24, 2.45) is 0 Å². The van der Waals surface area contributed by atoms with Gasteiger partial charge in [-0.05, 0) is 37.3 Å². The molecule has 2 rings (SSSR count). The van der Waals surface area contributed by atoms with Crippen molar-refractivity contribution in [3.05, 3.63) is 53.3 Å². The van der Waals surface area contributed by atoms with E-state index >= 15 is 0 Å². The number of carboxylic acid groups (broad SMARTS) is 1. The Bertz CT molecular complexity index is 611. The van der Waals surface area contributed by atoms with Crippen LogP contribution in [-0.2, 0) is 6.54 Å². The van der Waals surface area contributed by atoms with Crippen LogP contribution in [0.5, 0.6) is 0 Å². The molecule has 0 radical (unpaired) electrons. The molecule has 0 aliphatic carbocycles. The second-order valence-electron chi connectivity index (χ2n) is 4.23. The molecule has 4 N–H and O–H groups in total. The topological polar surface area (TPSA) is 88.2 Å². The molecule has 1 aromatic carbocycles. The molecule has 0 saturated carbocycles. The number of carboxylic acids is 1. The van der Waals surface area contributed by atoms with E-state index < -0.39 is 5.97 Å². The number of pyridine rings is 1. The fourth-order valence-electron chi connectivity index (χ4n) is 1.74. The standard InChI is InChI=1S/C14H15N3O2/c1-9-3-2-4-11(17-9)8-16-13-6-5-10(14(18)19)7-12(13)15/h2-7,16H,8,15H2,1H3,(H,18,19). The van der Waals surface area contributed by atoms with Gasteiger partial charge in [-0.15, -0.1) is 0 Å². The van der Waals surface area contributed by atoms with E-state index in [1.165, 1.54) is 12.1 Å². The predicted octanol–water partition coefficient (Wildman–Crippen LogP) is 2.28. The molecule has 0 aliphatic heterocycles. The Labute approximate surface area is 111 Å². The largest absolute Gasteiger partial charge is 0.478 e. The number of nitrogens with two attached hydrogens (primary N) is 1. The van der Waals surface area contributed by atoms with Gasteiger partial charge in [0.1, 0.15) is 0 Å². The first-order chi connectivity index (χ1) is 9.06. The van der Waals surface area contributed by atoms with Gasteiger partial charge in [-0.1, -0.05) is 6.07 Å². The fourth-order valence-corrected chi connectivity index (χ4v) is 1.74. The third-order valence-corrected chi connectivity index (χ3v) is 2.70. The Morgan fingerprint density at radius 1 is 1.37 bits per heavy atom. The number of nitrogen functional groups attached to an aromatic ring is 1. The van der Waals surface area contributed by atoms with Gasteiger partial charge in [0.2, 0.25) is 0 Å². The number of carbonyl (C=O) groups is 1. The van der Waals surface area contributed by atoms with Crippen LogP contribution in [-0.4, -0.2) is 16.1 Å². The molecule has 1 heterocycles. The molecule has 5 heteroatoms. The summed E-state index contributed by atoms with van der Waals surface area (Å²) in [6.45, 7) is 2.47. The lowest BCUT2D eigenvalue weighted by Crippen LogP contribution is -2.06. The summed E-state index contributed by atoms with van der Waals surface area (Å²) in [5.41, 5.74) is 8.95. The second kappa shape index (κ2) is 5.39. The highest BCUT2D eigenvalue weighted by Gasteiger charge is 2.06. The van der Waals surface area contributed by atoms with Gasteiger partial charge < -0.3 is 16.2 Å². The van der Waals surface area contributed by atoms with Crippen LogP contribution in [0.2, 0.25) is 0 Å². The third kappa shape index (κ3) is 3.22. The zero-order valence-corrected chi connectivity index (χ0v) is 10.6. The van der Waals surface area contributed by atoms with E-state index in [1.54, 1.807) is 6.07 Å². The smallest absolute Gasteiger partial charge is 0.335 e. The molecule has 0 atom stereocenters. The number of nitrogens with zero attached hydrogens (tertiary/aromatic N) is 1. The second-order valence-corrected chi connectivity index (χ2v) is 4.23. The number of nitrogens with one attached hydrogen (secondary N) is 1. The highest BCUT2D eigenvalue weighted by molar-refractivity contribution is 5.90. The van der Waals surface area contributed by atoms with Crippen molar-refractivity contribution >= 4 is 17.3 Å². The molecule has 19 heavy (non-hydrogen) atoms. The van der Waals surface area contributed by atoms with Gasteiger partial charge in [-0.2, -0.15) is 0 Å². The molecule has 0 bridgehead atoms. The molecule has 0 unspecified atom stereocenters. The van der Waals surface area contributed by atoms with E-state index in [0.717, 1.165) is 11.4 Å². The average molecular weight is 257 g/mol. The summed E-state index contributed by atoms with van der Waals surface area (Å²) < 4.78 is 0. The maximum absolute atomic E-state index is 10.8. The van der Waals surface area contributed by atoms with E-state index in [2.05, 4.69) is 10.3 Å². The molecular formula is C14H15N3O2. The van der Waals surface area contributed by atoms with Crippen molar-refractivity contribution < 1.29 is 9.90 Å². The number of aromatic carboxylic acids is 1. The maximum Gasteiger partial charge on any atom is 0.335 e. The Morgan fingerprint density at radius 3 is 2.79 bits per heavy atom. The van der Waals surface area contributed by atoms with E-state index in [0.29, 0.717) is 17.9 Å². The van der Waals surface area contributed by atoms with E-state index in [-0.39, 0.29) is 5.56 Å². The van der Waals surface area contributed by atoms with Crippen LogP contribution < -0.4 is 11.1 Å². The average Bonchev–Trinajstić information content (AvgIpc) is 2.37. The molecule has 0 spiro atoms. The summed E-state index contributed by atoms with van der Waals surface area (Å²) in [6, 6.07) is 10.4. The predicted molar refractivity (Wildman–Crippen MR) is 74.1 cm³/mol. The van der Waals surface area contributed by atoms with Gasteiger partial charge in [0, 0.05) is 5.69 Å². The minimum atomic E-state index is -0.987. The number of aryl methyl sites for hydroxylation is 1. The Balaban J connectivity index is 2.10. The fraction of sp³-hybridized carbons (Fsp3) is 0.143. The maximum atomic E-state index is 10.8.